The highest BCUT2D eigenvalue weighted by atomic mass is 32.1. The Hall–Kier alpha value is -1.13. The van der Waals surface area contributed by atoms with Crippen molar-refractivity contribution < 1.29 is 4.42 Å². The normalized spacial score (nSPS) is 14.4. The van der Waals surface area contributed by atoms with E-state index in [1.165, 1.54) is 34.6 Å². The van der Waals surface area contributed by atoms with Crippen LogP contribution in [0.25, 0.3) is 10.8 Å². The SMILES string of the molecule is CC(C)NCc1coc(-c2cc3c(s2)CCC3)n1. The Morgan fingerprint density at radius 3 is 3.11 bits per heavy atom. The van der Waals surface area contributed by atoms with Crippen molar-refractivity contribution in [1.82, 2.24) is 10.3 Å². The van der Waals surface area contributed by atoms with E-state index in [9.17, 15) is 0 Å². The monoisotopic (exact) mass is 262 g/mol. The number of thiophene rings is 1. The van der Waals surface area contributed by atoms with Gasteiger partial charge in [-0.2, -0.15) is 0 Å². The van der Waals surface area contributed by atoms with Gasteiger partial charge in [-0.3, -0.25) is 0 Å². The van der Waals surface area contributed by atoms with Crippen LogP contribution in [0.2, 0.25) is 0 Å². The van der Waals surface area contributed by atoms with E-state index < -0.39 is 0 Å². The maximum Gasteiger partial charge on any atom is 0.236 e. The first-order valence-electron chi connectivity index (χ1n) is 6.52. The van der Waals surface area contributed by atoms with Crippen molar-refractivity contribution in [2.75, 3.05) is 0 Å². The topological polar surface area (TPSA) is 38.1 Å². The number of nitrogens with zero attached hydrogens (tertiary/aromatic N) is 1. The van der Waals surface area contributed by atoms with Crippen molar-refractivity contribution in [2.45, 2.75) is 45.7 Å². The third kappa shape index (κ3) is 2.35. The second-order valence-electron chi connectivity index (χ2n) is 5.09. The molecule has 0 spiro atoms. The molecule has 2 aromatic heterocycles. The molecular weight excluding hydrogens is 244 g/mol. The third-order valence-corrected chi connectivity index (χ3v) is 4.43. The van der Waals surface area contributed by atoms with Crippen LogP contribution in [0.15, 0.2) is 16.7 Å². The first-order valence-corrected chi connectivity index (χ1v) is 7.34. The third-order valence-electron chi connectivity index (χ3n) is 3.20. The Morgan fingerprint density at radius 1 is 1.44 bits per heavy atom. The summed E-state index contributed by atoms with van der Waals surface area (Å²) in [5.41, 5.74) is 2.47. The van der Waals surface area contributed by atoms with Crippen LogP contribution in [0.4, 0.5) is 0 Å². The fourth-order valence-electron chi connectivity index (χ4n) is 2.24. The Morgan fingerprint density at radius 2 is 2.33 bits per heavy atom. The van der Waals surface area contributed by atoms with E-state index in [-0.39, 0.29) is 0 Å². The van der Waals surface area contributed by atoms with E-state index in [1.807, 2.05) is 11.3 Å². The summed E-state index contributed by atoms with van der Waals surface area (Å²) in [5, 5.41) is 3.35. The van der Waals surface area contributed by atoms with Crippen LogP contribution >= 0.6 is 11.3 Å². The van der Waals surface area contributed by atoms with Gasteiger partial charge in [0.05, 0.1) is 10.6 Å². The van der Waals surface area contributed by atoms with E-state index in [0.29, 0.717) is 6.04 Å². The van der Waals surface area contributed by atoms with Crippen LogP contribution in [0.3, 0.4) is 0 Å². The molecule has 0 aliphatic heterocycles. The van der Waals surface area contributed by atoms with Crippen LogP contribution in [0.5, 0.6) is 0 Å². The van der Waals surface area contributed by atoms with Gasteiger partial charge < -0.3 is 9.73 Å². The van der Waals surface area contributed by atoms with Gasteiger partial charge in [0.1, 0.15) is 6.26 Å². The highest BCUT2D eigenvalue weighted by molar-refractivity contribution is 7.15. The molecule has 96 valence electrons. The number of nitrogens with one attached hydrogen (secondary N) is 1. The molecule has 0 amide bonds. The Kier molecular flexibility index (Phi) is 3.22. The molecular formula is C14H18N2OS. The Bertz CT molecular complexity index is 520. The number of aromatic nitrogens is 1. The van der Waals surface area contributed by atoms with E-state index in [1.54, 1.807) is 6.26 Å². The molecule has 0 unspecified atom stereocenters. The second kappa shape index (κ2) is 4.86. The van der Waals surface area contributed by atoms with Crippen molar-refractivity contribution in [2.24, 2.45) is 0 Å². The molecule has 18 heavy (non-hydrogen) atoms. The van der Waals surface area contributed by atoms with Crippen molar-refractivity contribution in [1.29, 1.82) is 0 Å². The minimum Gasteiger partial charge on any atom is -0.444 e. The van der Waals surface area contributed by atoms with Gasteiger partial charge >= 0.3 is 0 Å². The maximum atomic E-state index is 5.58. The Labute approximate surface area is 111 Å². The molecule has 2 aromatic rings. The summed E-state index contributed by atoms with van der Waals surface area (Å²) in [6, 6.07) is 2.72. The molecule has 0 aromatic carbocycles. The van der Waals surface area contributed by atoms with Crippen molar-refractivity contribution in [3.63, 3.8) is 0 Å². The van der Waals surface area contributed by atoms with Gasteiger partial charge in [0, 0.05) is 17.5 Å². The zero-order valence-electron chi connectivity index (χ0n) is 10.8. The lowest BCUT2D eigenvalue weighted by atomic mass is 10.2. The van der Waals surface area contributed by atoms with Gasteiger partial charge in [0.15, 0.2) is 0 Å². The summed E-state index contributed by atoms with van der Waals surface area (Å²) in [6.45, 7) is 5.03. The average Bonchev–Trinajstić information content (AvgIpc) is 3.00. The minimum absolute atomic E-state index is 0.468. The van der Waals surface area contributed by atoms with Gasteiger partial charge in [-0.25, -0.2) is 4.98 Å². The average molecular weight is 262 g/mol. The van der Waals surface area contributed by atoms with E-state index in [2.05, 4.69) is 30.2 Å². The van der Waals surface area contributed by atoms with Gasteiger partial charge in [-0.15, -0.1) is 11.3 Å². The molecule has 2 heterocycles. The van der Waals surface area contributed by atoms with Gasteiger partial charge in [0.25, 0.3) is 0 Å². The molecule has 0 atom stereocenters. The van der Waals surface area contributed by atoms with E-state index in [4.69, 9.17) is 4.42 Å². The lowest BCUT2D eigenvalue weighted by Gasteiger charge is -2.03. The van der Waals surface area contributed by atoms with Crippen LogP contribution < -0.4 is 5.32 Å². The molecule has 0 bridgehead atoms. The highest BCUT2D eigenvalue weighted by Crippen LogP contribution is 2.36. The lowest BCUT2D eigenvalue weighted by molar-refractivity contribution is 0.561. The molecule has 1 aliphatic rings. The van der Waals surface area contributed by atoms with Crippen LogP contribution in [-0.2, 0) is 19.4 Å². The number of rotatable bonds is 4. The molecule has 0 saturated carbocycles. The fourth-order valence-corrected chi connectivity index (χ4v) is 3.43. The van der Waals surface area contributed by atoms with Gasteiger partial charge in [0.2, 0.25) is 5.89 Å². The zero-order chi connectivity index (χ0) is 12.5. The van der Waals surface area contributed by atoms with Crippen LogP contribution in [0.1, 0.15) is 36.4 Å². The van der Waals surface area contributed by atoms with Crippen LogP contribution in [-0.4, -0.2) is 11.0 Å². The molecule has 1 aliphatic carbocycles. The number of hydrogen-bond donors (Lipinski definition) is 1. The molecule has 0 radical (unpaired) electrons. The summed E-state index contributed by atoms with van der Waals surface area (Å²) in [7, 11) is 0. The fraction of sp³-hybridized carbons (Fsp3) is 0.500. The summed E-state index contributed by atoms with van der Waals surface area (Å²) in [4.78, 5) is 7.24. The van der Waals surface area contributed by atoms with Crippen molar-refractivity contribution in [3.05, 3.63) is 28.5 Å². The summed E-state index contributed by atoms with van der Waals surface area (Å²) in [5.74, 6) is 0.773. The van der Waals surface area contributed by atoms with Crippen molar-refractivity contribution >= 4 is 11.3 Å². The molecule has 0 saturated heterocycles. The molecule has 0 fully saturated rings. The lowest BCUT2D eigenvalue weighted by Crippen LogP contribution is -2.21. The van der Waals surface area contributed by atoms with E-state index in [0.717, 1.165) is 18.1 Å². The number of oxazole rings is 1. The second-order valence-corrected chi connectivity index (χ2v) is 6.23. The summed E-state index contributed by atoms with van der Waals surface area (Å²) < 4.78 is 5.58. The number of fused-ring (bicyclic) bond motifs is 1. The predicted octanol–water partition coefficient (Wildman–Crippen LogP) is 3.39. The Balaban J connectivity index is 1.75. The maximum absolute atomic E-state index is 5.58. The molecule has 3 rings (SSSR count). The smallest absolute Gasteiger partial charge is 0.236 e. The molecule has 3 nitrogen and oxygen atoms in total. The zero-order valence-corrected chi connectivity index (χ0v) is 11.6. The van der Waals surface area contributed by atoms with Gasteiger partial charge in [-0.1, -0.05) is 13.8 Å². The summed E-state index contributed by atoms with van der Waals surface area (Å²) in [6.07, 6.45) is 5.50. The number of aryl methyl sites for hydroxylation is 2. The molecule has 1 N–H and O–H groups in total. The van der Waals surface area contributed by atoms with E-state index >= 15 is 0 Å². The highest BCUT2D eigenvalue weighted by Gasteiger charge is 2.18. The van der Waals surface area contributed by atoms with Gasteiger partial charge in [-0.05, 0) is 30.9 Å². The quantitative estimate of drug-likeness (QED) is 0.917. The first kappa shape index (κ1) is 11.9. The molecule has 4 heteroatoms. The van der Waals surface area contributed by atoms with Crippen molar-refractivity contribution in [3.8, 4) is 10.8 Å². The standard InChI is InChI=1S/C14H18N2OS/c1-9(2)15-7-11-8-17-14(16-11)13-6-10-4-3-5-12(10)18-13/h6,8-9,15H,3-5,7H2,1-2H3. The first-order chi connectivity index (χ1) is 8.72. The largest absolute Gasteiger partial charge is 0.444 e. The van der Waals surface area contributed by atoms with Crippen LogP contribution in [0, 0.1) is 0 Å². The summed E-state index contributed by atoms with van der Waals surface area (Å²) >= 11 is 1.84. The predicted molar refractivity (Wildman–Crippen MR) is 73.8 cm³/mol. The number of hydrogen-bond acceptors (Lipinski definition) is 4. The minimum atomic E-state index is 0.468.